The molecule has 0 saturated carbocycles. The normalized spacial score (nSPS) is 20.8. The lowest BCUT2D eigenvalue weighted by atomic mass is 10.4. The van der Waals surface area contributed by atoms with Gasteiger partial charge in [0, 0.05) is 5.70 Å². The molecule has 8 heavy (non-hydrogen) atoms. The van der Waals surface area contributed by atoms with Crippen molar-refractivity contribution in [1.82, 2.24) is 0 Å². The Kier molecular flexibility index (Phi) is 1.87. The van der Waals surface area contributed by atoms with Crippen molar-refractivity contribution in [2.75, 3.05) is 0 Å². The van der Waals surface area contributed by atoms with Crippen molar-refractivity contribution >= 4 is 8.58 Å². The van der Waals surface area contributed by atoms with Crippen LogP contribution in [0, 0.1) is 0 Å². The highest BCUT2D eigenvalue weighted by molar-refractivity contribution is 7.45. The molecular formula is C6H8NP. The summed E-state index contributed by atoms with van der Waals surface area (Å²) in [5.74, 6) is 4.16. The summed E-state index contributed by atoms with van der Waals surface area (Å²) in [6.07, 6.45) is 5.81. The Morgan fingerprint density at radius 2 is 2.25 bits per heavy atom. The van der Waals surface area contributed by atoms with Crippen LogP contribution in [-0.4, -0.2) is 0 Å². The Morgan fingerprint density at radius 3 is 3.12 bits per heavy atom. The molecule has 0 fully saturated rings. The van der Waals surface area contributed by atoms with Crippen molar-refractivity contribution < 1.29 is 0 Å². The molecule has 1 heterocycles. The van der Waals surface area contributed by atoms with E-state index in [-0.39, 0.29) is 0 Å². The smallest absolute Gasteiger partial charge is 0.0314 e. The molecule has 42 valence electrons. The monoisotopic (exact) mass is 125 g/mol. The zero-order chi connectivity index (χ0) is 5.82. The van der Waals surface area contributed by atoms with E-state index in [1.807, 2.05) is 18.2 Å². The van der Waals surface area contributed by atoms with Gasteiger partial charge >= 0.3 is 0 Å². The van der Waals surface area contributed by atoms with E-state index in [2.05, 4.69) is 11.6 Å². The van der Waals surface area contributed by atoms with E-state index in [0.29, 0.717) is 0 Å². The molecule has 0 bridgehead atoms. The molecule has 0 saturated heterocycles. The molecule has 0 aliphatic carbocycles. The van der Waals surface area contributed by atoms with Gasteiger partial charge in [-0.15, -0.1) is 0 Å². The lowest BCUT2D eigenvalue weighted by Crippen LogP contribution is -1.89. The molecule has 0 amide bonds. The van der Waals surface area contributed by atoms with Crippen LogP contribution in [0.15, 0.2) is 35.6 Å². The summed E-state index contributed by atoms with van der Waals surface area (Å²) in [7, 11) is 0.788. The van der Waals surface area contributed by atoms with Gasteiger partial charge in [-0.1, -0.05) is 26.3 Å². The molecule has 1 aliphatic rings. The highest BCUT2D eigenvalue weighted by Gasteiger charge is 1.80. The van der Waals surface area contributed by atoms with Crippen LogP contribution >= 0.6 is 8.58 Å². The first-order valence-corrected chi connectivity index (χ1v) is 3.60. The molecule has 1 unspecified atom stereocenters. The fourth-order valence-corrected chi connectivity index (χ4v) is 1.08. The second-order valence-corrected chi connectivity index (χ2v) is 2.53. The maximum Gasteiger partial charge on any atom is 0.0314 e. The third-order valence-corrected chi connectivity index (χ3v) is 1.60. The van der Waals surface area contributed by atoms with Gasteiger partial charge in [-0.3, -0.25) is 0 Å². The van der Waals surface area contributed by atoms with E-state index >= 15 is 0 Å². The number of hydrogen-bond donors (Lipinski definition) is 1. The van der Waals surface area contributed by atoms with Crippen LogP contribution in [-0.2, 0) is 0 Å². The van der Waals surface area contributed by atoms with E-state index in [9.17, 15) is 0 Å². The highest BCUT2D eigenvalue weighted by Crippen LogP contribution is 2.16. The maximum atomic E-state index is 5.46. The third-order valence-electron chi connectivity index (χ3n) is 0.853. The van der Waals surface area contributed by atoms with Crippen molar-refractivity contribution in [2.24, 2.45) is 5.73 Å². The second kappa shape index (κ2) is 2.68. The molecule has 2 N–H and O–H groups in total. The summed E-state index contributed by atoms with van der Waals surface area (Å²) < 4.78 is 0. The van der Waals surface area contributed by atoms with E-state index in [1.165, 1.54) is 0 Å². The summed E-state index contributed by atoms with van der Waals surface area (Å²) >= 11 is 0. The molecule has 0 radical (unpaired) electrons. The number of allylic oxidation sites excluding steroid dienone is 3. The van der Waals surface area contributed by atoms with E-state index in [1.54, 1.807) is 0 Å². The predicted octanol–water partition coefficient (Wildman–Crippen LogP) is 1.55. The summed E-state index contributed by atoms with van der Waals surface area (Å²) in [5.41, 5.74) is 6.30. The molecule has 1 nitrogen and oxygen atoms in total. The minimum Gasteiger partial charge on any atom is -0.399 e. The summed E-state index contributed by atoms with van der Waals surface area (Å²) in [5, 5.41) is 0. The lowest BCUT2D eigenvalue weighted by Gasteiger charge is -1.82. The Labute approximate surface area is 50.7 Å². The van der Waals surface area contributed by atoms with Gasteiger partial charge in [0.2, 0.25) is 0 Å². The Morgan fingerprint density at radius 1 is 1.38 bits per heavy atom. The number of rotatable bonds is 0. The Balaban J connectivity index is 2.73. The third kappa shape index (κ3) is 1.51. The van der Waals surface area contributed by atoms with Crippen LogP contribution in [0.2, 0.25) is 0 Å². The largest absolute Gasteiger partial charge is 0.399 e. The van der Waals surface area contributed by atoms with E-state index in [4.69, 9.17) is 5.73 Å². The average Bonchev–Trinajstić information content (AvgIpc) is 1.94. The molecule has 1 rings (SSSR count). The van der Waals surface area contributed by atoms with Gasteiger partial charge in [-0.05, 0) is 12.2 Å². The van der Waals surface area contributed by atoms with Crippen LogP contribution in [0.3, 0.4) is 0 Å². The molecule has 0 aromatic heterocycles. The quantitative estimate of drug-likeness (QED) is 0.488. The van der Waals surface area contributed by atoms with Crippen molar-refractivity contribution in [2.45, 2.75) is 0 Å². The highest BCUT2D eigenvalue weighted by atomic mass is 31.1. The van der Waals surface area contributed by atoms with E-state index in [0.717, 1.165) is 14.3 Å². The maximum absolute atomic E-state index is 5.46. The molecule has 2 heteroatoms. The Hall–Kier alpha value is -0.550. The average molecular weight is 125 g/mol. The van der Waals surface area contributed by atoms with E-state index < -0.39 is 0 Å². The predicted molar refractivity (Wildman–Crippen MR) is 38.9 cm³/mol. The standard InChI is InChI=1S/C6H8NP/c7-6-2-1-4-8-5-3-6/h1-5,8H,7H2. The SMILES string of the molecule is NC1=CC=CPC=C1. The number of hydrogen-bond acceptors (Lipinski definition) is 1. The van der Waals surface area contributed by atoms with Gasteiger partial charge < -0.3 is 5.73 Å². The van der Waals surface area contributed by atoms with Gasteiger partial charge in [-0.25, -0.2) is 0 Å². The van der Waals surface area contributed by atoms with Crippen LogP contribution < -0.4 is 5.73 Å². The fraction of sp³-hybridized carbons (Fsp3) is 0. The Bertz CT molecular complexity index is 156. The van der Waals surface area contributed by atoms with Crippen LogP contribution in [0.1, 0.15) is 0 Å². The first-order valence-electron chi connectivity index (χ1n) is 2.44. The lowest BCUT2D eigenvalue weighted by molar-refractivity contribution is 1.43. The molecular weight excluding hydrogens is 117 g/mol. The van der Waals surface area contributed by atoms with Crippen molar-refractivity contribution in [3.63, 3.8) is 0 Å². The van der Waals surface area contributed by atoms with Crippen LogP contribution in [0.25, 0.3) is 0 Å². The first-order chi connectivity index (χ1) is 3.89. The van der Waals surface area contributed by atoms with Gasteiger partial charge in [0.15, 0.2) is 0 Å². The molecule has 0 aromatic carbocycles. The summed E-state index contributed by atoms with van der Waals surface area (Å²) in [6, 6.07) is 0. The van der Waals surface area contributed by atoms with Crippen LogP contribution in [0.4, 0.5) is 0 Å². The molecule has 1 atom stereocenters. The fourth-order valence-electron chi connectivity index (χ4n) is 0.470. The first kappa shape index (κ1) is 5.58. The van der Waals surface area contributed by atoms with Gasteiger partial charge in [0.1, 0.15) is 0 Å². The van der Waals surface area contributed by atoms with Gasteiger partial charge in [-0.2, -0.15) is 0 Å². The second-order valence-electron chi connectivity index (χ2n) is 1.53. The molecule has 1 aliphatic heterocycles. The van der Waals surface area contributed by atoms with Gasteiger partial charge in [0.05, 0.1) is 0 Å². The topological polar surface area (TPSA) is 26.0 Å². The minimum absolute atomic E-state index is 0.788. The summed E-state index contributed by atoms with van der Waals surface area (Å²) in [6.45, 7) is 0. The van der Waals surface area contributed by atoms with Crippen molar-refractivity contribution in [1.29, 1.82) is 0 Å². The molecule has 0 aromatic rings. The van der Waals surface area contributed by atoms with Crippen LogP contribution in [0.5, 0.6) is 0 Å². The summed E-state index contributed by atoms with van der Waals surface area (Å²) in [4.78, 5) is 0. The van der Waals surface area contributed by atoms with Crippen molar-refractivity contribution in [3.05, 3.63) is 35.6 Å². The van der Waals surface area contributed by atoms with Gasteiger partial charge in [0.25, 0.3) is 0 Å². The minimum atomic E-state index is 0.788. The zero-order valence-electron chi connectivity index (χ0n) is 4.46. The zero-order valence-corrected chi connectivity index (χ0v) is 5.46. The van der Waals surface area contributed by atoms with Crippen molar-refractivity contribution in [3.8, 4) is 0 Å². The molecule has 0 spiro atoms. The number of nitrogens with two attached hydrogens (primary N) is 1.